The SMILES string of the molecule is COC(=O)c1cc(OC)c(OC)cc1NS(=O)(=O)c1ccc(C)c(Cl)c1. The minimum absolute atomic E-state index is 0.00815. The largest absolute Gasteiger partial charge is 0.493 e. The second kappa shape index (κ2) is 7.84. The highest BCUT2D eigenvalue weighted by atomic mass is 35.5. The molecular weight excluding hydrogens is 382 g/mol. The molecule has 2 rings (SSSR count). The van der Waals surface area contributed by atoms with Crippen LogP contribution in [-0.4, -0.2) is 35.7 Å². The third kappa shape index (κ3) is 4.03. The Bertz CT molecular complexity index is 943. The van der Waals surface area contributed by atoms with Gasteiger partial charge in [0.05, 0.1) is 37.5 Å². The summed E-state index contributed by atoms with van der Waals surface area (Å²) >= 11 is 6.01. The van der Waals surface area contributed by atoms with Crippen molar-refractivity contribution in [3.8, 4) is 11.5 Å². The molecule has 0 aliphatic heterocycles. The van der Waals surface area contributed by atoms with Gasteiger partial charge in [0.25, 0.3) is 10.0 Å². The Kier molecular flexibility index (Phi) is 5.99. The third-order valence-corrected chi connectivity index (χ3v) is 5.40. The zero-order chi connectivity index (χ0) is 19.5. The Morgan fingerprint density at radius 2 is 1.65 bits per heavy atom. The van der Waals surface area contributed by atoms with Crippen molar-refractivity contribution in [1.29, 1.82) is 0 Å². The van der Waals surface area contributed by atoms with E-state index in [-0.39, 0.29) is 27.6 Å². The number of nitrogens with one attached hydrogen (secondary N) is 1. The number of methoxy groups -OCH3 is 3. The molecule has 0 amide bonds. The first-order valence-corrected chi connectivity index (χ1v) is 9.23. The highest BCUT2D eigenvalue weighted by molar-refractivity contribution is 7.92. The van der Waals surface area contributed by atoms with Gasteiger partial charge in [-0.05, 0) is 24.6 Å². The standard InChI is InChI=1S/C17H18ClNO6S/c1-10-5-6-11(7-13(10)18)26(21,22)19-14-9-16(24-3)15(23-2)8-12(14)17(20)25-4/h5-9,19H,1-4H3. The molecule has 0 atom stereocenters. The molecule has 1 N–H and O–H groups in total. The van der Waals surface area contributed by atoms with Crippen LogP contribution in [0.1, 0.15) is 15.9 Å². The molecule has 0 saturated carbocycles. The van der Waals surface area contributed by atoms with Gasteiger partial charge in [0.15, 0.2) is 11.5 Å². The van der Waals surface area contributed by atoms with Gasteiger partial charge in [-0.1, -0.05) is 17.7 Å². The molecule has 0 saturated heterocycles. The number of esters is 1. The van der Waals surface area contributed by atoms with Crippen LogP contribution in [0, 0.1) is 6.92 Å². The van der Waals surface area contributed by atoms with Gasteiger partial charge in [-0.2, -0.15) is 0 Å². The summed E-state index contributed by atoms with van der Waals surface area (Å²) in [7, 11) is -0.0121. The number of halogens is 1. The molecule has 9 heteroatoms. The molecule has 7 nitrogen and oxygen atoms in total. The van der Waals surface area contributed by atoms with Gasteiger partial charge < -0.3 is 14.2 Å². The van der Waals surface area contributed by atoms with Crippen LogP contribution in [0.15, 0.2) is 35.2 Å². The van der Waals surface area contributed by atoms with Crippen LogP contribution in [-0.2, 0) is 14.8 Å². The molecule has 0 aliphatic carbocycles. The fourth-order valence-electron chi connectivity index (χ4n) is 2.19. The first-order valence-electron chi connectivity index (χ1n) is 7.36. The highest BCUT2D eigenvalue weighted by Crippen LogP contribution is 2.35. The molecule has 2 aromatic carbocycles. The lowest BCUT2D eigenvalue weighted by atomic mass is 10.1. The molecular formula is C17H18ClNO6S. The molecule has 26 heavy (non-hydrogen) atoms. The van der Waals surface area contributed by atoms with Gasteiger partial charge in [-0.15, -0.1) is 0 Å². The minimum atomic E-state index is -4.00. The number of aryl methyl sites for hydroxylation is 1. The van der Waals surface area contributed by atoms with Crippen molar-refractivity contribution in [2.45, 2.75) is 11.8 Å². The van der Waals surface area contributed by atoms with E-state index in [1.54, 1.807) is 13.0 Å². The van der Waals surface area contributed by atoms with Gasteiger partial charge in [0.1, 0.15) is 0 Å². The zero-order valence-corrected chi connectivity index (χ0v) is 16.2. The number of anilines is 1. The second-order valence-electron chi connectivity index (χ2n) is 5.26. The number of benzene rings is 2. The predicted molar refractivity (Wildman–Crippen MR) is 97.9 cm³/mol. The topological polar surface area (TPSA) is 90.9 Å². The van der Waals surface area contributed by atoms with E-state index in [0.717, 1.165) is 5.56 Å². The van der Waals surface area contributed by atoms with Gasteiger partial charge in [-0.3, -0.25) is 4.72 Å². The van der Waals surface area contributed by atoms with E-state index < -0.39 is 16.0 Å². The van der Waals surface area contributed by atoms with Gasteiger partial charge in [-0.25, -0.2) is 13.2 Å². The number of hydrogen-bond donors (Lipinski definition) is 1. The molecule has 0 aromatic heterocycles. The van der Waals surface area contributed by atoms with Crippen LogP contribution in [0.5, 0.6) is 11.5 Å². The molecule has 0 heterocycles. The van der Waals surface area contributed by atoms with Crippen LogP contribution >= 0.6 is 11.6 Å². The number of carbonyl (C=O) groups is 1. The van der Waals surface area contributed by atoms with E-state index in [4.69, 9.17) is 25.8 Å². The van der Waals surface area contributed by atoms with E-state index in [1.165, 1.54) is 45.6 Å². The smallest absolute Gasteiger partial charge is 0.340 e. The van der Waals surface area contributed by atoms with Crippen molar-refractivity contribution >= 4 is 33.3 Å². The van der Waals surface area contributed by atoms with Gasteiger partial charge in [0, 0.05) is 17.2 Å². The number of ether oxygens (including phenoxy) is 3. The predicted octanol–water partition coefficient (Wildman–Crippen LogP) is 3.25. The summed E-state index contributed by atoms with van der Waals surface area (Å²) in [4.78, 5) is 12.0. The van der Waals surface area contributed by atoms with E-state index in [2.05, 4.69) is 4.72 Å². The van der Waals surface area contributed by atoms with Crippen molar-refractivity contribution in [2.24, 2.45) is 0 Å². The fraction of sp³-hybridized carbons (Fsp3) is 0.235. The molecule has 140 valence electrons. The van der Waals surface area contributed by atoms with Crippen LogP contribution in [0.2, 0.25) is 5.02 Å². The van der Waals surface area contributed by atoms with Gasteiger partial charge >= 0.3 is 5.97 Å². The van der Waals surface area contributed by atoms with Crippen LogP contribution in [0.25, 0.3) is 0 Å². The number of hydrogen-bond acceptors (Lipinski definition) is 6. The quantitative estimate of drug-likeness (QED) is 0.750. The first kappa shape index (κ1) is 19.9. The van der Waals surface area contributed by atoms with Crippen molar-refractivity contribution in [2.75, 3.05) is 26.1 Å². The maximum atomic E-state index is 12.7. The summed E-state index contributed by atoms with van der Waals surface area (Å²) in [6, 6.07) is 7.02. The lowest BCUT2D eigenvalue weighted by Gasteiger charge is -2.15. The summed E-state index contributed by atoms with van der Waals surface area (Å²) in [5, 5.41) is 0.313. The molecule has 0 fully saturated rings. The Morgan fingerprint density at radius 3 is 2.19 bits per heavy atom. The third-order valence-electron chi connectivity index (χ3n) is 3.63. The molecule has 0 radical (unpaired) electrons. The van der Waals surface area contributed by atoms with Crippen LogP contribution < -0.4 is 14.2 Å². The summed E-state index contributed by atoms with van der Waals surface area (Å²) in [6.45, 7) is 1.76. The van der Waals surface area contributed by atoms with E-state index >= 15 is 0 Å². The summed E-state index contributed by atoms with van der Waals surface area (Å²) in [6.07, 6.45) is 0. The van der Waals surface area contributed by atoms with Crippen molar-refractivity contribution in [1.82, 2.24) is 0 Å². The lowest BCUT2D eigenvalue weighted by molar-refractivity contribution is 0.0601. The molecule has 2 aromatic rings. The molecule has 0 spiro atoms. The molecule has 0 aliphatic rings. The second-order valence-corrected chi connectivity index (χ2v) is 7.35. The lowest BCUT2D eigenvalue weighted by Crippen LogP contribution is -2.16. The van der Waals surface area contributed by atoms with E-state index in [1.807, 2.05) is 0 Å². The normalized spacial score (nSPS) is 11.0. The van der Waals surface area contributed by atoms with Crippen LogP contribution in [0.4, 0.5) is 5.69 Å². The summed E-state index contributed by atoms with van der Waals surface area (Å²) < 4.78 is 42.8. The molecule has 0 unspecified atom stereocenters. The molecule has 0 bridgehead atoms. The first-order chi connectivity index (χ1) is 12.2. The van der Waals surface area contributed by atoms with E-state index in [0.29, 0.717) is 5.02 Å². The minimum Gasteiger partial charge on any atom is -0.493 e. The number of sulfonamides is 1. The fourth-order valence-corrected chi connectivity index (χ4v) is 3.53. The monoisotopic (exact) mass is 399 g/mol. The Hall–Kier alpha value is -2.45. The average Bonchev–Trinajstić information content (AvgIpc) is 2.62. The summed E-state index contributed by atoms with van der Waals surface area (Å²) in [5.74, 6) is -0.223. The number of carbonyl (C=O) groups excluding carboxylic acids is 1. The van der Waals surface area contributed by atoms with Crippen molar-refractivity contribution in [3.63, 3.8) is 0 Å². The Balaban J connectivity index is 2.55. The Morgan fingerprint density at radius 1 is 1.04 bits per heavy atom. The Labute approximate surface area is 156 Å². The van der Waals surface area contributed by atoms with E-state index in [9.17, 15) is 13.2 Å². The average molecular weight is 400 g/mol. The highest BCUT2D eigenvalue weighted by Gasteiger charge is 2.23. The number of rotatable bonds is 6. The van der Waals surface area contributed by atoms with Crippen molar-refractivity contribution in [3.05, 3.63) is 46.5 Å². The van der Waals surface area contributed by atoms with Gasteiger partial charge in [0.2, 0.25) is 0 Å². The maximum Gasteiger partial charge on any atom is 0.340 e. The van der Waals surface area contributed by atoms with Crippen molar-refractivity contribution < 1.29 is 27.4 Å². The summed E-state index contributed by atoms with van der Waals surface area (Å²) in [5.41, 5.74) is 0.713. The maximum absolute atomic E-state index is 12.7. The zero-order valence-electron chi connectivity index (χ0n) is 14.6. The van der Waals surface area contributed by atoms with Crippen LogP contribution in [0.3, 0.4) is 0 Å².